The third-order valence-corrected chi connectivity index (χ3v) is 7.44. The molecule has 6 rings (SSSR count). The van der Waals surface area contributed by atoms with Gasteiger partial charge in [0.05, 0.1) is 25.2 Å². The Morgan fingerprint density at radius 3 is 2.76 bits per heavy atom. The number of aromatic nitrogens is 2. The van der Waals surface area contributed by atoms with Gasteiger partial charge in [-0.25, -0.2) is 4.98 Å². The van der Waals surface area contributed by atoms with Gasteiger partial charge in [0, 0.05) is 70.0 Å². The van der Waals surface area contributed by atoms with Crippen molar-refractivity contribution in [3.8, 4) is 5.88 Å². The molecule has 0 N–H and O–H groups in total. The normalized spacial score (nSPS) is 24.3. The first-order valence-electron chi connectivity index (χ1n) is 12.5. The van der Waals surface area contributed by atoms with Crippen molar-refractivity contribution in [3.05, 3.63) is 48.2 Å². The molecule has 3 aliphatic heterocycles. The summed E-state index contributed by atoms with van der Waals surface area (Å²) in [5, 5.41) is 5.48. The number of morpholine rings is 1. The molecule has 0 radical (unpaired) electrons. The number of pyridine rings is 1. The van der Waals surface area contributed by atoms with Crippen LogP contribution in [0.15, 0.2) is 47.1 Å². The number of nitrogens with zero attached hydrogens (tertiary/aromatic N) is 5. The highest BCUT2D eigenvalue weighted by atomic mass is 16.5. The Bertz CT molecular complexity index is 1080. The molecule has 0 unspecified atom stereocenters. The standard InChI is InChI=1S/C26H33N5O3/c1-2-4-24-23(3-1)26(28-34-24)31-10-9-30-17-21(5-7-22(30)18-31)19-33-25-8-6-20(15-27-25)16-29-11-13-32-14-12-29/h1-4,6,8,15,21-22H,5,7,9-14,16-19H2/t21-,22+/m1/s1. The fraction of sp³-hybridized carbons (Fsp3) is 0.538. The predicted molar refractivity (Wildman–Crippen MR) is 130 cm³/mol. The topological polar surface area (TPSA) is 67.1 Å². The minimum Gasteiger partial charge on any atom is -0.477 e. The van der Waals surface area contributed by atoms with Gasteiger partial charge in [0.2, 0.25) is 5.88 Å². The van der Waals surface area contributed by atoms with Crippen molar-refractivity contribution in [1.82, 2.24) is 19.9 Å². The molecule has 0 bridgehead atoms. The summed E-state index contributed by atoms with van der Waals surface area (Å²) in [5.74, 6) is 2.27. The molecule has 0 spiro atoms. The highest BCUT2D eigenvalue weighted by Crippen LogP contribution is 2.31. The van der Waals surface area contributed by atoms with Gasteiger partial charge in [0.1, 0.15) is 0 Å². The molecule has 0 aliphatic carbocycles. The number of ether oxygens (including phenoxy) is 2. The highest BCUT2D eigenvalue weighted by Gasteiger charge is 2.34. The molecular formula is C26H33N5O3. The summed E-state index contributed by atoms with van der Waals surface area (Å²) in [6.45, 7) is 9.42. The average Bonchev–Trinajstić information content (AvgIpc) is 3.33. The van der Waals surface area contributed by atoms with Crippen LogP contribution in [-0.2, 0) is 11.3 Å². The van der Waals surface area contributed by atoms with Crippen molar-refractivity contribution in [3.63, 3.8) is 0 Å². The van der Waals surface area contributed by atoms with Gasteiger partial charge in [0.25, 0.3) is 0 Å². The second-order valence-electron chi connectivity index (χ2n) is 9.74. The zero-order valence-corrected chi connectivity index (χ0v) is 19.6. The van der Waals surface area contributed by atoms with Crippen molar-refractivity contribution in [2.45, 2.75) is 25.4 Å². The van der Waals surface area contributed by atoms with Crippen LogP contribution < -0.4 is 9.64 Å². The first-order chi connectivity index (χ1) is 16.8. The summed E-state index contributed by atoms with van der Waals surface area (Å²) in [7, 11) is 0. The van der Waals surface area contributed by atoms with Gasteiger partial charge in [-0.3, -0.25) is 9.80 Å². The van der Waals surface area contributed by atoms with Crippen LogP contribution in [0.5, 0.6) is 5.88 Å². The van der Waals surface area contributed by atoms with Gasteiger partial charge in [-0.05, 0) is 30.5 Å². The first kappa shape index (κ1) is 21.8. The summed E-state index contributed by atoms with van der Waals surface area (Å²) >= 11 is 0. The van der Waals surface area contributed by atoms with Crippen molar-refractivity contribution >= 4 is 16.8 Å². The third kappa shape index (κ3) is 4.76. The van der Waals surface area contributed by atoms with E-state index >= 15 is 0 Å². The molecule has 0 amide bonds. The van der Waals surface area contributed by atoms with E-state index in [0.717, 1.165) is 88.3 Å². The molecule has 1 aromatic carbocycles. The maximum atomic E-state index is 6.09. The number of rotatable bonds is 6. The molecule has 8 heteroatoms. The molecule has 3 aromatic rings. The van der Waals surface area contributed by atoms with Crippen molar-refractivity contribution in [2.75, 3.05) is 64.0 Å². The van der Waals surface area contributed by atoms with Crippen LogP contribution >= 0.6 is 0 Å². The SMILES string of the molecule is c1ccc2c(N3CCN4C[C@H](COc5ccc(CN6CCOCC6)cn5)CC[C@H]4C3)noc2c1. The average molecular weight is 464 g/mol. The lowest BCUT2D eigenvalue weighted by Crippen LogP contribution is -2.57. The Morgan fingerprint density at radius 2 is 1.88 bits per heavy atom. The zero-order valence-electron chi connectivity index (χ0n) is 19.6. The number of benzene rings is 1. The Morgan fingerprint density at radius 1 is 0.971 bits per heavy atom. The van der Waals surface area contributed by atoms with Crippen LogP contribution in [0.25, 0.3) is 11.0 Å². The maximum Gasteiger partial charge on any atom is 0.213 e. The second kappa shape index (κ2) is 9.90. The third-order valence-electron chi connectivity index (χ3n) is 7.44. The predicted octanol–water partition coefficient (Wildman–Crippen LogP) is 3.03. The number of hydrogen-bond acceptors (Lipinski definition) is 8. The number of anilines is 1. The molecule has 34 heavy (non-hydrogen) atoms. The van der Waals surface area contributed by atoms with E-state index < -0.39 is 0 Å². The lowest BCUT2D eigenvalue weighted by atomic mass is 9.91. The summed E-state index contributed by atoms with van der Waals surface area (Å²) in [6, 6.07) is 12.9. The van der Waals surface area contributed by atoms with E-state index in [-0.39, 0.29) is 0 Å². The molecule has 2 atom stereocenters. The van der Waals surface area contributed by atoms with Crippen molar-refractivity contribution < 1.29 is 14.0 Å². The summed E-state index contributed by atoms with van der Waals surface area (Å²) in [6.07, 6.45) is 4.32. The largest absolute Gasteiger partial charge is 0.477 e. The Hall–Kier alpha value is -2.68. The zero-order chi connectivity index (χ0) is 22.7. The van der Waals surface area contributed by atoms with Crippen LogP contribution in [0.1, 0.15) is 18.4 Å². The number of hydrogen-bond donors (Lipinski definition) is 0. The number of piperidine rings is 1. The van der Waals surface area contributed by atoms with E-state index in [1.165, 1.54) is 18.4 Å². The molecule has 180 valence electrons. The molecule has 8 nitrogen and oxygen atoms in total. The Balaban J connectivity index is 0.987. The second-order valence-corrected chi connectivity index (χ2v) is 9.74. The number of para-hydroxylation sites is 1. The van der Waals surface area contributed by atoms with E-state index in [2.05, 4.69) is 43.0 Å². The molecule has 3 fully saturated rings. The minimum absolute atomic E-state index is 0.547. The summed E-state index contributed by atoms with van der Waals surface area (Å²) in [4.78, 5) is 12.0. The molecule has 2 aromatic heterocycles. The maximum absolute atomic E-state index is 6.09. The monoisotopic (exact) mass is 463 g/mol. The van der Waals surface area contributed by atoms with Crippen molar-refractivity contribution in [1.29, 1.82) is 0 Å². The lowest BCUT2D eigenvalue weighted by Gasteiger charge is -2.46. The number of fused-ring (bicyclic) bond motifs is 2. The van der Waals surface area contributed by atoms with Gasteiger partial charge in [-0.15, -0.1) is 0 Å². The van der Waals surface area contributed by atoms with E-state index in [1.54, 1.807) is 0 Å². The first-order valence-corrected chi connectivity index (χ1v) is 12.5. The fourth-order valence-electron chi connectivity index (χ4n) is 5.50. The van der Waals surface area contributed by atoms with Gasteiger partial charge in [-0.2, -0.15) is 0 Å². The Kier molecular flexibility index (Phi) is 6.35. The van der Waals surface area contributed by atoms with Crippen molar-refractivity contribution in [2.24, 2.45) is 5.92 Å². The van der Waals surface area contributed by atoms with Crippen LogP contribution in [0, 0.1) is 5.92 Å². The summed E-state index contributed by atoms with van der Waals surface area (Å²) < 4.78 is 17.1. The highest BCUT2D eigenvalue weighted by molar-refractivity contribution is 5.88. The lowest BCUT2D eigenvalue weighted by molar-refractivity contribution is 0.0341. The van der Waals surface area contributed by atoms with Gasteiger partial charge in [-0.1, -0.05) is 23.4 Å². The van der Waals surface area contributed by atoms with E-state index in [0.29, 0.717) is 12.0 Å². The van der Waals surface area contributed by atoms with Crippen LogP contribution in [-0.4, -0.2) is 85.1 Å². The molecule has 3 saturated heterocycles. The Labute approximate surface area is 200 Å². The fourth-order valence-corrected chi connectivity index (χ4v) is 5.50. The van der Waals surface area contributed by atoms with Crippen LogP contribution in [0.3, 0.4) is 0 Å². The van der Waals surface area contributed by atoms with Crippen LogP contribution in [0.4, 0.5) is 5.82 Å². The van der Waals surface area contributed by atoms with E-state index in [4.69, 9.17) is 14.0 Å². The summed E-state index contributed by atoms with van der Waals surface area (Å²) in [5.41, 5.74) is 2.09. The smallest absolute Gasteiger partial charge is 0.213 e. The molecular weight excluding hydrogens is 430 g/mol. The van der Waals surface area contributed by atoms with E-state index in [1.807, 2.05) is 24.4 Å². The number of piperazine rings is 1. The van der Waals surface area contributed by atoms with Gasteiger partial charge >= 0.3 is 0 Å². The minimum atomic E-state index is 0.547. The van der Waals surface area contributed by atoms with Crippen LogP contribution in [0.2, 0.25) is 0 Å². The van der Waals surface area contributed by atoms with E-state index in [9.17, 15) is 0 Å². The van der Waals surface area contributed by atoms with Gasteiger partial charge in [0.15, 0.2) is 11.4 Å². The molecule has 0 saturated carbocycles. The van der Waals surface area contributed by atoms with Gasteiger partial charge < -0.3 is 18.9 Å². The molecule has 3 aliphatic rings. The molecule has 5 heterocycles. The quantitative estimate of drug-likeness (QED) is 0.553.